The van der Waals surface area contributed by atoms with Gasteiger partial charge in [0.05, 0.1) is 0 Å². The van der Waals surface area contributed by atoms with Crippen LogP contribution in [0.1, 0.15) is 64.7 Å². The predicted molar refractivity (Wildman–Crippen MR) is 142 cm³/mol. The van der Waals surface area contributed by atoms with E-state index < -0.39 is 0 Å². The number of nitrogens with zero attached hydrogens (tertiary/aromatic N) is 4. The van der Waals surface area contributed by atoms with Gasteiger partial charge in [0.2, 0.25) is 0 Å². The number of aryl methyl sites for hydroxylation is 1. The van der Waals surface area contributed by atoms with Gasteiger partial charge in [0.15, 0.2) is 11.6 Å². The average molecular weight is 453 g/mol. The maximum Gasteiger partial charge on any atom is 0.178 e. The molecular formula is C30H36N4. The number of allylic oxidation sites excluding steroid dienone is 1. The van der Waals surface area contributed by atoms with E-state index in [1.165, 1.54) is 28.1 Å². The fourth-order valence-corrected chi connectivity index (χ4v) is 5.94. The van der Waals surface area contributed by atoms with Crippen molar-refractivity contribution >= 4 is 23.0 Å². The van der Waals surface area contributed by atoms with Gasteiger partial charge in [0.25, 0.3) is 0 Å². The summed E-state index contributed by atoms with van der Waals surface area (Å²) >= 11 is 0. The summed E-state index contributed by atoms with van der Waals surface area (Å²) in [5.74, 6) is 1.85. The normalized spacial score (nSPS) is 22.7. The van der Waals surface area contributed by atoms with Crippen LogP contribution in [0.3, 0.4) is 0 Å². The van der Waals surface area contributed by atoms with Gasteiger partial charge in [-0.2, -0.15) is 0 Å². The maximum atomic E-state index is 4.90. The summed E-state index contributed by atoms with van der Waals surface area (Å²) in [6, 6.07) is 15.7. The van der Waals surface area contributed by atoms with Gasteiger partial charge < -0.3 is 9.80 Å². The molecule has 0 N–H and O–H groups in total. The smallest absolute Gasteiger partial charge is 0.178 e. The monoisotopic (exact) mass is 452 g/mol. The Balaban J connectivity index is 1.86. The lowest BCUT2D eigenvalue weighted by Gasteiger charge is -2.57. The fraction of sp³-hybridized carbons (Fsp3) is 0.400. The molecule has 0 amide bonds. The molecule has 0 aliphatic carbocycles. The highest BCUT2D eigenvalue weighted by Crippen LogP contribution is 2.62. The van der Waals surface area contributed by atoms with E-state index in [4.69, 9.17) is 9.97 Å². The Morgan fingerprint density at radius 1 is 0.941 bits per heavy atom. The zero-order valence-electron chi connectivity index (χ0n) is 21.6. The highest BCUT2D eigenvalue weighted by molar-refractivity contribution is 5.87. The second-order valence-corrected chi connectivity index (χ2v) is 11.6. The summed E-state index contributed by atoms with van der Waals surface area (Å²) in [6.45, 7) is 20.4. The first-order chi connectivity index (χ1) is 16.0. The minimum absolute atomic E-state index is 0.0265. The third kappa shape index (κ3) is 2.97. The molecule has 4 nitrogen and oxygen atoms in total. The van der Waals surface area contributed by atoms with Gasteiger partial charge >= 0.3 is 0 Å². The van der Waals surface area contributed by atoms with E-state index in [1.807, 2.05) is 12.4 Å². The lowest BCUT2D eigenvalue weighted by Crippen LogP contribution is -2.61. The van der Waals surface area contributed by atoms with Gasteiger partial charge in [-0.15, -0.1) is 6.58 Å². The van der Waals surface area contributed by atoms with Crippen LogP contribution in [0.4, 0.5) is 23.0 Å². The van der Waals surface area contributed by atoms with Crippen molar-refractivity contribution in [1.29, 1.82) is 0 Å². The molecule has 3 aromatic rings. The van der Waals surface area contributed by atoms with Crippen molar-refractivity contribution in [2.75, 3.05) is 9.80 Å². The molecule has 2 unspecified atom stereocenters. The molecule has 4 heteroatoms. The van der Waals surface area contributed by atoms with Gasteiger partial charge in [-0.3, -0.25) is 0 Å². The highest BCUT2D eigenvalue weighted by Gasteiger charge is 2.60. The molecule has 0 bridgehead atoms. The highest BCUT2D eigenvalue weighted by atomic mass is 15.5. The van der Waals surface area contributed by atoms with Gasteiger partial charge in [-0.25, -0.2) is 9.97 Å². The molecule has 0 spiro atoms. The first kappa shape index (κ1) is 22.6. The molecule has 2 aliphatic heterocycles. The van der Waals surface area contributed by atoms with Crippen LogP contribution in [0.5, 0.6) is 0 Å². The fourth-order valence-electron chi connectivity index (χ4n) is 5.94. The number of hydrogen-bond acceptors (Lipinski definition) is 4. The Labute approximate surface area is 204 Å². The van der Waals surface area contributed by atoms with Crippen molar-refractivity contribution in [3.63, 3.8) is 0 Å². The number of benzene rings is 2. The number of para-hydroxylation sites is 1. The van der Waals surface area contributed by atoms with E-state index in [0.29, 0.717) is 0 Å². The van der Waals surface area contributed by atoms with Crippen LogP contribution in [0.25, 0.3) is 0 Å². The molecule has 0 radical (unpaired) electrons. The standard InChI is InChI=1S/C30H36N4/c1-9-16-30(8)22-15-14-21(28(3,4)5)19-24(22)34-26-25(31-17-18-32-26)33(27(34)29(30,6)7)23-13-11-10-12-20(23)2/h9-15,17-19,27H,1,16H2,2-8H3. The topological polar surface area (TPSA) is 32.3 Å². The van der Waals surface area contributed by atoms with Gasteiger partial charge in [0.1, 0.15) is 6.17 Å². The molecular weight excluding hydrogens is 416 g/mol. The first-order valence-electron chi connectivity index (χ1n) is 12.2. The zero-order valence-corrected chi connectivity index (χ0v) is 21.6. The van der Waals surface area contributed by atoms with Crippen LogP contribution in [-0.4, -0.2) is 16.1 Å². The second-order valence-electron chi connectivity index (χ2n) is 11.6. The van der Waals surface area contributed by atoms with Crippen LogP contribution < -0.4 is 9.80 Å². The molecule has 2 aromatic carbocycles. The predicted octanol–water partition coefficient (Wildman–Crippen LogP) is 7.57. The van der Waals surface area contributed by atoms with Crippen LogP contribution in [0, 0.1) is 12.3 Å². The van der Waals surface area contributed by atoms with E-state index in [0.717, 1.165) is 18.1 Å². The average Bonchev–Trinajstić information content (AvgIpc) is 3.14. The van der Waals surface area contributed by atoms with Crippen molar-refractivity contribution in [3.8, 4) is 0 Å². The number of hydrogen-bond donors (Lipinski definition) is 0. The Morgan fingerprint density at radius 3 is 2.15 bits per heavy atom. The van der Waals surface area contributed by atoms with Crippen LogP contribution in [-0.2, 0) is 10.8 Å². The number of anilines is 4. The molecule has 0 fully saturated rings. The Hall–Kier alpha value is -3.14. The maximum absolute atomic E-state index is 4.90. The van der Waals surface area contributed by atoms with Gasteiger partial charge in [-0.1, -0.05) is 78.0 Å². The summed E-state index contributed by atoms with van der Waals surface area (Å²) in [6.07, 6.45) is 6.62. The minimum atomic E-state index is -0.151. The molecule has 34 heavy (non-hydrogen) atoms. The third-order valence-electron chi connectivity index (χ3n) is 8.32. The lowest BCUT2D eigenvalue weighted by molar-refractivity contribution is 0.131. The molecule has 1 aromatic heterocycles. The van der Waals surface area contributed by atoms with E-state index >= 15 is 0 Å². The van der Waals surface area contributed by atoms with Crippen molar-refractivity contribution in [1.82, 2.24) is 9.97 Å². The van der Waals surface area contributed by atoms with Gasteiger partial charge in [0, 0.05) is 34.6 Å². The third-order valence-corrected chi connectivity index (χ3v) is 8.32. The number of aromatic nitrogens is 2. The molecule has 2 aliphatic rings. The van der Waals surface area contributed by atoms with Crippen LogP contribution in [0.15, 0.2) is 67.5 Å². The van der Waals surface area contributed by atoms with E-state index in [-0.39, 0.29) is 22.4 Å². The Morgan fingerprint density at radius 2 is 1.56 bits per heavy atom. The molecule has 176 valence electrons. The van der Waals surface area contributed by atoms with Crippen molar-refractivity contribution in [2.24, 2.45) is 5.41 Å². The lowest BCUT2D eigenvalue weighted by atomic mass is 9.56. The summed E-state index contributed by atoms with van der Waals surface area (Å²) in [4.78, 5) is 14.7. The quantitative estimate of drug-likeness (QED) is 0.384. The van der Waals surface area contributed by atoms with E-state index in [1.54, 1.807) is 0 Å². The Bertz CT molecular complexity index is 1270. The first-order valence-corrected chi connectivity index (χ1v) is 12.2. The molecule has 3 heterocycles. The summed E-state index contributed by atoms with van der Waals surface area (Å²) in [5.41, 5.74) is 6.10. The summed E-state index contributed by atoms with van der Waals surface area (Å²) in [7, 11) is 0. The van der Waals surface area contributed by atoms with Crippen LogP contribution >= 0.6 is 0 Å². The van der Waals surface area contributed by atoms with Crippen LogP contribution in [0.2, 0.25) is 0 Å². The molecule has 2 atom stereocenters. The second kappa shape index (κ2) is 7.43. The van der Waals surface area contributed by atoms with E-state index in [2.05, 4.69) is 113 Å². The molecule has 0 saturated heterocycles. The van der Waals surface area contributed by atoms with Gasteiger partial charge in [-0.05, 0) is 47.6 Å². The van der Waals surface area contributed by atoms with Crippen molar-refractivity contribution in [3.05, 3.63) is 84.2 Å². The molecule has 0 saturated carbocycles. The number of fused-ring (bicyclic) bond motifs is 5. The van der Waals surface area contributed by atoms with Crippen molar-refractivity contribution < 1.29 is 0 Å². The zero-order chi connectivity index (χ0) is 24.5. The molecule has 5 rings (SSSR count). The summed E-state index contributed by atoms with van der Waals surface area (Å²) < 4.78 is 0. The van der Waals surface area contributed by atoms with E-state index in [9.17, 15) is 0 Å². The Kier molecular flexibility index (Phi) is 4.95. The number of rotatable bonds is 3. The minimum Gasteiger partial charge on any atom is -0.301 e. The largest absolute Gasteiger partial charge is 0.301 e. The summed E-state index contributed by atoms with van der Waals surface area (Å²) in [5, 5.41) is 0. The van der Waals surface area contributed by atoms with Crippen molar-refractivity contribution in [2.45, 2.75) is 71.9 Å². The SMILES string of the molecule is C=CCC1(C)c2ccc(C(C)(C)C)cc2N2c3nccnc3N(c3ccccc3C)C2C1(C)C.